The molecule has 1 aromatic heterocycles. The minimum atomic E-state index is -3.57. The summed E-state index contributed by atoms with van der Waals surface area (Å²) >= 11 is 0. The Labute approximate surface area is 175 Å². The van der Waals surface area contributed by atoms with Crippen molar-refractivity contribution < 1.29 is 21.3 Å². The van der Waals surface area contributed by atoms with Crippen molar-refractivity contribution in [1.29, 1.82) is 0 Å². The molecule has 30 heavy (non-hydrogen) atoms. The number of benzene rings is 2. The topological polar surface area (TPSA) is 124 Å². The minimum absolute atomic E-state index is 0.0180. The van der Waals surface area contributed by atoms with E-state index in [1.165, 1.54) is 28.6 Å². The maximum atomic E-state index is 12.8. The van der Waals surface area contributed by atoms with Gasteiger partial charge >= 0.3 is 0 Å². The van der Waals surface area contributed by atoms with Crippen LogP contribution >= 0.6 is 0 Å². The zero-order valence-electron chi connectivity index (χ0n) is 16.5. The number of oxazole rings is 1. The van der Waals surface area contributed by atoms with Gasteiger partial charge in [-0.25, -0.2) is 21.8 Å². The number of nitrogens with two attached hydrogens (primary N) is 1. The van der Waals surface area contributed by atoms with Crippen LogP contribution in [0.15, 0.2) is 56.7 Å². The lowest BCUT2D eigenvalue weighted by Crippen LogP contribution is -2.37. The average molecular weight is 450 g/mol. The molecule has 1 saturated heterocycles. The van der Waals surface area contributed by atoms with Crippen LogP contribution in [0.4, 0.5) is 5.69 Å². The van der Waals surface area contributed by atoms with E-state index in [9.17, 15) is 16.8 Å². The van der Waals surface area contributed by atoms with Gasteiger partial charge in [0.25, 0.3) is 0 Å². The maximum absolute atomic E-state index is 12.8. The van der Waals surface area contributed by atoms with Gasteiger partial charge in [0.15, 0.2) is 21.3 Å². The van der Waals surface area contributed by atoms with Crippen LogP contribution in [0.2, 0.25) is 0 Å². The van der Waals surface area contributed by atoms with Crippen molar-refractivity contribution in [3.8, 4) is 0 Å². The maximum Gasteiger partial charge on any atom is 0.243 e. The van der Waals surface area contributed by atoms with E-state index < -0.39 is 19.9 Å². The molecule has 2 heterocycles. The van der Waals surface area contributed by atoms with Crippen molar-refractivity contribution in [2.75, 3.05) is 24.6 Å². The molecule has 0 unspecified atom stereocenters. The van der Waals surface area contributed by atoms with Crippen molar-refractivity contribution in [3.05, 3.63) is 48.4 Å². The van der Waals surface area contributed by atoms with Crippen LogP contribution in [0.3, 0.4) is 0 Å². The molecule has 8 nitrogen and oxygen atoms in total. The molecule has 4 rings (SSSR count). The number of hydrogen-bond donors (Lipinski definition) is 1. The van der Waals surface area contributed by atoms with E-state index in [0.717, 1.165) is 0 Å². The number of piperidine rings is 1. The molecule has 3 aromatic rings. The summed E-state index contributed by atoms with van der Waals surface area (Å²) in [4.78, 5) is 4.93. The first-order valence-electron chi connectivity index (χ1n) is 9.69. The Morgan fingerprint density at radius 3 is 2.30 bits per heavy atom. The molecule has 160 valence electrons. The third-order valence-electron chi connectivity index (χ3n) is 5.44. The van der Waals surface area contributed by atoms with Gasteiger partial charge in [-0.3, -0.25) is 0 Å². The van der Waals surface area contributed by atoms with Crippen molar-refractivity contribution >= 4 is 36.6 Å². The van der Waals surface area contributed by atoms with Crippen molar-refractivity contribution in [2.24, 2.45) is 0 Å². The first-order valence-corrected chi connectivity index (χ1v) is 12.8. The van der Waals surface area contributed by atoms with Crippen LogP contribution in [-0.2, 0) is 19.9 Å². The van der Waals surface area contributed by atoms with Gasteiger partial charge < -0.3 is 10.2 Å². The number of sulfone groups is 1. The summed E-state index contributed by atoms with van der Waals surface area (Å²) in [6, 6.07) is 10.9. The van der Waals surface area contributed by atoms with Crippen LogP contribution in [0.5, 0.6) is 0 Å². The van der Waals surface area contributed by atoms with E-state index in [2.05, 4.69) is 4.98 Å². The highest BCUT2D eigenvalue weighted by molar-refractivity contribution is 7.91. The average Bonchev–Trinajstić information content (AvgIpc) is 3.17. The number of anilines is 1. The molecule has 0 aliphatic carbocycles. The summed E-state index contributed by atoms with van der Waals surface area (Å²) in [5.74, 6) is 0.506. The Morgan fingerprint density at radius 2 is 1.67 bits per heavy atom. The fourth-order valence-electron chi connectivity index (χ4n) is 3.59. The number of nitrogen functional groups attached to an aromatic ring is 1. The molecule has 10 heteroatoms. The molecular weight excluding hydrogens is 426 g/mol. The second kappa shape index (κ2) is 7.68. The van der Waals surface area contributed by atoms with Crippen LogP contribution in [0.1, 0.15) is 31.6 Å². The van der Waals surface area contributed by atoms with E-state index in [1.807, 2.05) is 0 Å². The molecule has 1 aliphatic rings. The third kappa shape index (κ3) is 3.82. The summed E-state index contributed by atoms with van der Waals surface area (Å²) in [5, 5.41) is 0. The molecule has 0 atom stereocenters. The highest BCUT2D eigenvalue weighted by Gasteiger charge is 2.32. The van der Waals surface area contributed by atoms with Gasteiger partial charge in [0, 0.05) is 24.7 Å². The van der Waals surface area contributed by atoms with E-state index in [4.69, 9.17) is 10.2 Å². The molecule has 2 N–H and O–H groups in total. The van der Waals surface area contributed by atoms with Crippen molar-refractivity contribution in [2.45, 2.75) is 35.5 Å². The number of fused-ring (bicyclic) bond motifs is 1. The predicted octanol–water partition coefficient (Wildman–Crippen LogP) is 2.77. The molecule has 1 fully saturated rings. The Bertz CT molecular complexity index is 1270. The monoisotopic (exact) mass is 449 g/mol. The van der Waals surface area contributed by atoms with E-state index >= 15 is 0 Å². The first-order chi connectivity index (χ1) is 14.2. The fraction of sp³-hybridized carbons (Fsp3) is 0.350. The zero-order valence-corrected chi connectivity index (χ0v) is 18.1. The molecule has 0 amide bonds. The summed E-state index contributed by atoms with van der Waals surface area (Å²) < 4.78 is 57.1. The smallest absolute Gasteiger partial charge is 0.243 e. The molecule has 1 aliphatic heterocycles. The number of nitrogens with zero attached hydrogens (tertiary/aromatic N) is 2. The van der Waals surface area contributed by atoms with Gasteiger partial charge in [0.1, 0.15) is 5.52 Å². The Hall–Kier alpha value is -2.43. The third-order valence-corrected chi connectivity index (χ3v) is 9.08. The molecule has 0 spiro atoms. The van der Waals surface area contributed by atoms with Gasteiger partial charge in [0.2, 0.25) is 10.0 Å². The van der Waals surface area contributed by atoms with Crippen molar-refractivity contribution in [3.63, 3.8) is 0 Å². The lowest BCUT2D eigenvalue weighted by molar-refractivity contribution is 0.293. The summed E-state index contributed by atoms with van der Waals surface area (Å²) in [7, 11) is -6.89. The second-order valence-corrected chi connectivity index (χ2v) is 11.5. The fourth-order valence-corrected chi connectivity index (χ4v) is 5.96. The van der Waals surface area contributed by atoms with E-state index in [0.29, 0.717) is 48.6 Å². The van der Waals surface area contributed by atoms with Gasteiger partial charge in [-0.2, -0.15) is 4.31 Å². The van der Waals surface area contributed by atoms with Crippen LogP contribution in [0, 0.1) is 0 Å². The zero-order chi connectivity index (χ0) is 21.5. The SMILES string of the molecule is CCS(=O)(=O)c1ccc2oc(C3CCN(S(=O)(=O)c4ccc(N)cc4)CC3)nc2c1. The second-order valence-electron chi connectivity index (χ2n) is 7.33. The summed E-state index contributed by atoms with van der Waals surface area (Å²) in [5.41, 5.74) is 7.18. The number of sulfonamides is 1. The highest BCUT2D eigenvalue weighted by atomic mass is 32.2. The van der Waals surface area contributed by atoms with Gasteiger partial charge in [-0.1, -0.05) is 6.92 Å². The minimum Gasteiger partial charge on any atom is -0.440 e. The van der Waals surface area contributed by atoms with Gasteiger partial charge in [0.05, 0.1) is 15.5 Å². The quantitative estimate of drug-likeness (QED) is 0.594. The van der Waals surface area contributed by atoms with E-state index in [-0.39, 0.29) is 21.5 Å². The van der Waals surface area contributed by atoms with Crippen LogP contribution in [-0.4, -0.2) is 45.0 Å². The van der Waals surface area contributed by atoms with Crippen LogP contribution in [0.25, 0.3) is 11.1 Å². The van der Waals surface area contributed by atoms with Crippen LogP contribution < -0.4 is 5.73 Å². The standard InChI is InChI=1S/C20H23N3O5S2/c1-2-29(24,25)17-7-8-19-18(13-17)22-20(28-19)14-9-11-23(12-10-14)30(26,27)16-5-3-15(21)4-6-16/h3-8,13-14H,2,9-12,21H2,1H3. The predicted molar refractivity (Wildman–Crippen MR) is 113 cm³/mol. The molecule has 0 bridgehead atoms. The lowest BCUT2D eigenvalue weighted by atomic mass is 9.98. The molecule has 0 radical (unpaired) electrons. The number of hydrogen-bond acceptors (Lipinski definition) is 7. The first kappa shape index (κ1) is 20.8. The molecular formula is C20H23N3O5S2. The Kier molecular flexibility index (Phi) is 5.33. The lowest BCUT2D eigenvalue weighted by Gasteiger charge is -2.29. The number of aromatic nitrogens is 1. The molecule has 2 aromatic carbocycles. The summed E-state index contributed by atoms with van der Waals surface area (Å²) in [6.45, 7) is 2.30. The number of rotatable bonds is 5. The largest absolute Gasteiger partial charge is 0.440 e. The normalized spacial score (nSPS) is 16.8. The van der Waals surface area contributed by atoms with Gasteiger partial charge in [-0.05, 0) is 55.3 Å². The highest BCUT2D eigenvalue weighted by Crippen LogP contribution is 2.32. The van der Waals surface area contributed by atoms with Gasteiger partial charge in [-0.15, -0.1) is 0 Å². The van der Waals surface area contributed by atoms with E-state index in [1.54, 1.807) is 25.1 Å². The molecule has 0 saturated carbocycles. The summed E-state index contributed by atoms with van der Waals surface area (Å²) in [6.07, 6.45) is 1.14. The van der Waals surface area contributed by atoms with Crippen molar-refractivity contribution in [1.82, 2.24) is 9.29 Å². The Balaban J connectivity index is 1.51. The Morgan fingerprint density at radius 1 is 1.03 bits per heavy atom.